The summed E-state index contributed by atoms with van der Waals surface area (Å²) in [4.78, 5) is 17.5. The molecular formula is C20H26ClN3O. The summed E-state index contributed by atoms with van der Waals surface area (Å²) in [6, 6.07) is 6.88. The number of aromatic amines is 1. The number of H-pyrrole nitrogens is 1. The Kier molecular flexibility index (Phi) is 3.71. The number of amides is 1. The Bertz CT molecular complexity index is 837. The van der Waals surface area contributed by atoms with Gasteiger partial charge in [-0.05, 0) is 37.1 Å². The molecule has 1 fully saturated rings. The van der Waals surface area contributed by atoms with Crippen LogP contribution in [-0.4, -0.2) is 40.4 Å². The maximum Gasteiger partial charge on any atom is 0.226 e. The van der Waals surface area contributed by atoms with Gasteiger partial charge in [-0.1, -0.05) is 44.5 Å². The van der Waals surface area contributed by atoms with Gasteiger partial charge in [0.05, 0.1) is 0 Å². The molecule has 2 aliphatic rings. The lowest BCUT2D eigenvalue weighted by atomic mass is 9.73. The minimum absolute atomic E-state index is 0.00528. The standard InChI is InChI=1S/C20H26ClN3O/c1-19(2,3)18(25)23-20(21)9-14-13-6-5-7-15-17(13)12(10-22-15)8-16(14)24(4)11-20/h5-7,10,14,16,22H,8-9,11H2,1-4H3,(H,23,25)/t14-,16-,20?/m1/s1. The molecule has 2 aromatic rings. The average Bonchev–Trinajstić information content (AvgIpc) is 2.92. The Morgan fingerprint density at radius 1 is 1.40 bits per heavy atom. The fourth-order valence-electron chi connectivity index (χ4n) is 4.45. The molecule has 3 atom stereocenters. The summed E-state index contributed by atoms with van der Waals surface area (Å²) in [5.74, 6) is 0.328. The minimum atomic E-state index is -0.726. The van der Waals surface area contributed by atoms with Crippen LogP contribution in [0.4, 0.5) is 0 Å². The summed E-state index contributed by atoms with van der Waals surface area (Å²) in [6.45, 7) is 6.43. The molecule has 2 heterocycles. The van der Waals surface area contributed by atoms with Crippen LogP contribution in [0.1, 0.15) is 44.2 Å². The molecule has 0 spiro atoms. The summed E-state index contributed by atoms with van der Waals surface area (Å²) < 4.78 is 0. The summed E-state index contributed by atoms with van der Waals surface area (Å²) in [6.07, 6.45) is 3.93. The molecule has 0 saturated carbocycles. The minimum Gasteiger partial charge on any atom is -0.361 e. The molecule has 2 N–H and O–H groups in total. The highest BCUT2D eigenvalue weighted by molar-refractivity contribution is 6.25. The highest BCUT2D eigenvalue weighted by Gasteiger charge is 2.47. The van der Waals surface area contributed by atoms with Crippen molar-refractivity contribution in [2.45, 2.75) is 50.6 Å². The number of alkyl halides is 1. The summed E-state index contributed by atoms with van der Waals surface area (Å²) >= 11 is 6.95. The van der Waals surface area contributed by atoms with Gasteiger partial charge in [0.15, 0.2) is 0 Å². The lowest BCUT2D eigenvalue weighted by molar-refractivity contribution is -0.130. The van der Waals surface area contributed by atoms with Crippen molar-refractivity contribution in [1.29, 1.82) is 0 Å². The zero-order valence-corrected chi connectivity index (χ0v) is 16.1. The quantitative estimate of drug-likeness (QED) is 0.603. The van der Waals surface area contributed by atoms with E-state index < -0.39 is 10.4 Å². The van der Waals surface area contributed by atoms with E-state index in [1.807, 2.05) is 20.8 Å². The Morgan fingerprint density at radius 2 is 2.16 bits per heavy atom. The molecule has 1 amide bonds. The Balaban J connectivity index is 1.70. The smallest absolute Gasteiger partial charge is 0.226 e. The van der Waals surface area contributed by atoms with E-state index in [0.717, 1.165) is 12.8 Å². The largest absolute Gasteiger partial charge is 0.361 e. The van der Waals surface area contributed by atoms with Crippen molar-refractivity contribution in [3.63, 3.8) is 0 Å². The number of likely N-dealkylation sites (tertiary alicyclic amines) is 1. The van der Waals surface area contributed by atoms with Crippen LogP contribution in [0.15, 0.2) is 24.4 Å². The first-order valence-electron chi connectivity index (χ1n) is 8.99. The van der Waals surface area contributed by atoms with Crippen LogP contribution in [0.25, 0.3) is 10.9 Å². The molecule has 4 nitrogen and oxygen atoms in total. The Morgan fingerprint density at radius 3 is 2.88 bits per heavy atom. The number of nitrogens with one attached hydrogen (secondary N) is 2. The maximum atomic E-state index is 12.5. The third-order valence-corrected chi connectivity index (χ3v) is 6.11. The lowest BCUT2D eigenvalue weighted by Gasteiger charge is -2.49. The van der Waals surface area contributed by atoms with Gasteiger partial charge in [-0.3, -0.25) is 9.69 Å². The van der Waals surface area contributed by atoms with E-state index in [0.29, 0.717) is 18.5 Å². The molecule has 4 rings (SSSR count). The molecule has 5 heteroatoms. The first kappa shape index (κ1) is 16.9. The van der Waals surface area contributed by atoms with Crippen LogP contribution in [0.5, 0.6) is 0 Å². The van der Waals surface area contributed by atoms with Crippen molar-refractivity contribution in [2.24, 2.45) is 5.41 Å². The van der Waals surface area contributed by atoms with Crippen LogP contribution in [0.3, 0.4) is 0 Å². The number of nitrogens with zero attached hydrogens (tertiary/aromatic N) is 1. The first-order valence-corrected chi connectivity index (χ1v) is 9.36. The van der Waals surface area contributed by atoms with Gasteiger partial charge in [0.2, 0.25) is 5.91 Å². The average molecular weight is 360 g/mol. The zero-order chi connectivity index (χ0) is 18.0. The molecule has 1 aliphatic heterocycles. The van der Waals surface area contributed by atoms with E-state index in [2.05, 4.69) is 46.6 Å². The Hall–Kier alpha value is -1.52. The van der Waals surface area contributed by atoms with Gasteiger partial charge in [0, 0.05) is 41.0 Å². The van der Waals surface area contributed by atoms with Gasteiger partial charge < -0.3 is 10.3 Å². The summed E-state index contributed by atoms with van der Waals surface area (Å²) in [7, 11) is 2.12. The second-order valence-electron chi connectivity index (χ2n) is 8.75. The number of carbonyl (C=O) groups excluding carboxylic acids is 1. The zero-order valence-electron chi connectivity index (χ0n) is 15.3. The Labute approximate surface area is 153 Å². The van der Waals surface area contributed by atoms with E-state index in [4.69, 9.17) is 11.6 Å². The van der Waals surface area contributed by atoms with E-state index in [1.54, 1.807) is 0 Å². The van der Waals surface area contributed by atoms with Crippen LogP contribution in [0.2, 0.25) is 0 Å². The molecular weight excluding hydrogens is 334 g/mol. The molecule has 1 saturated heterocycles. The number of piperidine rings is 1. The van der Waals surface area contributed by atoms with Crippen LogP contribution >= 0.6 is 11.6 Å². The normalized spacial score (nSPS) is 29.5. The van der Waals surface area contributed by atoms with E-state index >= 15 is 0 Å². The van der Waals surface area contributed by atoms with Gasteiger partial charge in [0.1, 0.15) is 5.00 Å². The second kappa shape index (κ2) is 5.49. The molecule has 1 unspecified atom stereocenters. The van der Waals surface area contributed by atoms with Gasteiger partial charge >= 0.3 is 0 Å². The predicted octanol–water partition coefficient (Wildman–Crippen LogP) is 3.61. The van der Waals surface area contributed by atoms with Crippen LogP contribution in [0, 0.1) is 5.41 Å². The van der Waals surface area contributed by atoms with Crippen molar-refractivity contribution in [1.82, 2.24) is 15.2 Å². The van der Waals surface area contributed by atoms with E-state index in [9.17, 15) is 4.79 Å². The van der Waals surface area contributed by atoms with Gasteiger partial charge in [0.25, 0.3) is 0 Å². The molecule has 25 heavy (non-hydrogen) atoms. The number of benzene rings is 1. The number of hydrogen-bond donors (Lipinski definition) is 2. The van der Waals surface area contributed by atoms with E-state index in [-0.39, 0.29) is 5.91 Å². The third-order valence-electron chi connectivity index (χ3n) is 5.74. The fourth-order valence-corrected chi connectivity index (χ4v) is 4.89. The lowest BCUT2D eigenvalue weighted by Crippen LogP contribution is -2.61. The molecule has 1 aromatic carbocycles. The van der Waals surface area contributed by atoms with Crippen molar-refractivity contribution in [3.05, 3.63) is 35.5 Å². The monoisotopic (exact) mass is 359 g/mol. The van der Waals surface area contributed by atoms with Crippen molar-refractivity contribution < 1.29 is 4.79 Å². The highest BCUT2D eigenvalue weighted by Crippen LogP contribution is 2.46. The van der Waals surface area contributed by atoms with Crippen molar-refractivity contribution >= 4 is 28.4 Å². The van der Waals surface area contributed by atoms with Crippen molar-refractivity contribution in [2.75, 3.05) is 13.6 Å². The number of likely N-dealkylation sites (N-methyl/N-ethyl adjacent to an activating group) is 1. The second-order valence-corrected chi connectivity index (χ2v) is 9.47. The third kappa shape index (κ3) is 2.76. The molecule has 0 radical (unpaired) electrons. The number of carbonyl (C=O) groups is 1. The topological polar surface area (TPSA) is 48.1 Å². The van der Waals surface area contributed by atoms with Gasteiger partial charge in [-0.15, -0.1) is 0 Å². The highest BCUT2D eigenvalue weighted by atomic mass is 35.5. The molecule has 1 aromatic heterocycles. The van der Waals surface area contributed by atoms with E-state index in [1.165, 1.54) is 22.0 Å². The number of fused-ring (bicyclic) bond motifs is 2. The van der Waals surface area contributed by atoms with Gasteiger partial charge in [-0.25, -0.2) is 0 Å². The van der Waals surface area contributed by atoms with Crippen LogP contribution < -0.4 is 5.32 Å². The number of halogens is 1. The first-order chi connectivity index (χ1) is 11.7. The van der Waals surface area contributed by atoms with Crippen LogP contribution in [-0.2, 0) is 11.2 Å². The number of aromatic nitrogens is 1. The number of rotatable bonds is 1. The molecule has 0 bridgehead atoms. The SMILES string of the molecule is CN1CC(Cl)(NC(=O)C(C)(C)C)C[C@@H]2c3cccc4[nH]cc(c34)C[C@H]21. The molecule has 1 aliphatic carbocycles. The predicted molar refractivity (Wildman–Crippen MR) is 102 cm³/mol. The van der Waals surface area contributed by atoms with Crippen molar-refractivity contribution in [3.8, 4) is 0 Å². The van der Waals surface area contributed by atoms with Gasteiger partial charge in [-0.2, -0.15) is 0 Å². The summed E-state index contributed by atoms with van der Waals surface area (Å²) in [5.41, 5.74) is 3.49. The molecule has 134 valence electrons. The summed E-state index contributed by atoms with van der Waals surface area (Å²) in [5, 5.41) is 4.47. The maximum absolute atomic E-state index is 12.5. The number of hydrogen-bond acceptors (Lipinski definition) is 2. The fraction of sp³-hybridized carbons (Fsp3) is 0.550.